The van der Waals surface area contributed by atoms with E-state index < -0.39 is 0 Å². The number of para-hydroxylation sites is 1. The zero-order valence-electron chi connectivity index (χ0n) is 16.9. The molecule has 1 heterocycles. The van der Waals surface area contributed by atoms with Gasteiger partial charge < -0.3 is 4.90 Å². The van der Waals surface area contributed by atoms with Gasteiger partial charge in [0, 0.05) is 24.6 Å². The zero-order valence-corrected chi connectivity index (χ0v) is 16.9. The number of nitrogens with zero attached hydrogens (tertiary/aromatic N) is 3. The average Bonchev–Trinajstić information content (AvgIpc) is 3.10. The molecule has 4 nitrogen and oxygen atoms in total. The lowest BCUT2D eigenvalue weighted by atomic mass is 9.73. The quantitative estimate of drug-likeness (QED) is 0.628. The molecule has 0 bridgehead atoms. The number of hydrogen-bond donors (Lipinski definition) is 0. The third kappa shape index (κ3) is 3.60. The highest BCUT2D eigenvalue weighted by Gasteiger charge is 2.35. The molecule has 1 aromatic heterocycles. The van der Waals surface area contributed by atoms with E-state index in [1.807, 2.05) is 46.1 Å². The molecule has 2 aromatic carbocycles. The highest BCUT2D eigenvalue weighted by Crippen LogP contribution is 2.40. The van der Waals surface area contributed by atoms with Crippen molar-refractivity contribution in [2.75, 3.05) is 11.4 Å². The number of rotatable bonds is 4. The molecule has 0 unspecified atom stereocenters. The lowest BCUT2D eigenvalue weighted by Crippen LogP contribution is -2.41. The molecular weight excluding hydrogens is 365 g/mol. The standard InChI is InChI=1S/C24H24FN3O/c1-17-13-23-19(15-26-28(23)22-11-9-20(25)10-12-22)14-24(17,3)16-27(18(2)29)21-7-5-4-6-8-21/h4-13,15H,14,16H2,1-3H3/t24-/m1/s1. The highest BCUT2D eigenvalue weighted by molar-refractivity contribution is 5.91. The molecular formula is C24H24FN3O. The summed E-state index contributed by atoms with van der Waals surface area (Å²) >= 11 is 0. The van der Waals surface area contributed by atoms with E-state index in [1.54, 1.807) is 19.1 Å². The minimum absolute atomic E-state index is 0.0260. The summed E-state index contributed by atoms with van der Waals surface area (Å²) in [6, 6.07) is 16.1. The van der Waals surface area contributed by atoms with Crippen LogP contribution in [0.5, 0.6) is 0 Å². The second-order valence-electron chi connectivity index (χ2n) is 7.95. The topological polar surface area (TPSA) is 38.1 Å². The lowest BCUT2D eigenvalue weighted by Gasteiger charge is -2.38. The van der Waals surface area contributed by atoms with Crippen LogP contribution < -0.4 is 4.90 Å². The molecule has 0 N–H and O–H groups in total. The number of carbonyl (C=O) groups is 1. The smallest absolute Gasteiger partial charge is 0.223 e. The van der Waals surface area contributed by atoms with Gasteiger partial charge in [-0.2, -0.15) is 5.10 Å². The summed E-state index contributed by atoms with van der Waals surface area (Å²) in [5.41, 5.74) is 4.86. The van der Waals surface area contributed by atoms with Crippen LogP contribution in [0.1, 0.15) is 32.0 Å². The van der Waals surface area contributed by atoms with Gasteiger partial charge in [0.25, 0.3) is 0 Å². The van der Waals surface area contributed by atoms with Crippen LogP contribution in [-0.4, -0.2) is 22.2 Å². The summed E-state index contributed by atoms with van der Waals surface area (Å²) in [7, 11) is 0. The van der Waals surface area contributed by atoms with E-state index >= 15 is 0 Å². The van der Waals surface area contributed by atoms with E-state index in [2.05, 4.69) is 25.0 Å². The normalized spacial score (nSPS) is 18.1. The molecule has 0 saturated carbocycles. The van der Waals surface area contributed by atoms with Gasteiger partial charge in [-0.1, -0.05) is 30.7 Å². The van der Waals surface area contributed by atoms with Crippen molar-refractivity contribution >= 4 is 17.7 Å². The summed E-state index contributed by atoms with van der Waals surface area (Å²) in [5.74, 6) is -0.239. The third-order valence-electron chi connectivity index (χ3n) is 5.80. The summed E-state index contributed by atoms with van der Waals surface area (Å²) in [4.78, 5) is 14.2. The van der Waals surface area contributed by atoms with Gasteiger partial charge in [-0.15, -0.1) is 0 Å². The van der Waals surface area contributed by atoms with E-state index in [0.717, 1.165) is 29.1 Å². The number of carbonyl (C=O) groups excluding carboxylic acids is 1. The predicted octanol–water partition coefficient (Wildman–Crippen LogP) is 5.03. The fourth-order valence-corrected chi connectivity index (χ4v) is 3.93. The van der Waals surface area contributed by atoms with Crippen LogP contribution in [0.3, 0.4) is 0 Å². The molecule has 0 spiro atoms. The van der Waals surface area contributed by atoms with Crippen molar-refractivity contribution in [2.45, 2.75) is 27.2 Å². The maximum absolute atomic E-state index is 13.3. The Morgan fingerprint density at radius 3 is 2.52 bits per heavy atom. The number of amides is 1. The van der Waals surface area contributed by atoms with Gasteiger partial charge in [-0.05, 0) is 61.4 Å². The van der Waals surface area contributed by atoms with Crippen molar-refractivity contribution in [3.05, 3.63) is 83.4 Å². The third-order valence-corrected chi connectivity index (χ3v) is 5.80. The number of anilines is 1. The van der Waals surface area contributed by atoms with Gasteiger partial charge >= 0.3 is 0 Å². The fourth-order valence-electron chi connectivity index (χ4n) is 3.93. The number of halogens is 1. The van der Waals surface area contributed by atoms with Gasteiger partial charge in [0.05, 0.1) is 17.6 Å². The molecule has 0 radical (unpaired) electrons. The summed E-state index contributed by atoms with van der Waals surface area (Å²) in [6.07, 6.45) is 4.79. The van der Waals surface area contributed by atoms with Gasteiger partial charge in [0.15, 0.2) is 0 Å². The molecule has 0 saturated heterocycles. The number of benzene rings is 2. The van der Waals surface area contributed by atoms with Crippen LogP contribution >= 0.6 is 0 Å². The SMILES string of the molecule is CC(=O)N(C[C@@]1(C)Cc2cnn(-c3ccc(F)cc3)c2C=C1C)c1ccccc1. The first-order valence-electron chi connectivity index (χ1n) is 9.72. The molecule has 3 aromatic rings. The Morgan fingerprint density at radius 2 is 1.86 bits per heavy atom. The van der Waals surface area contributed by atoms with E-state index in [-0.39, 0.29) is 17.1 Å². The van der Waals surface area contributed by atoms with Crippen LogP contribution in [0.15, 0.2) is 66.4 Å². The first kappa shape index (κ1) is 19.1. The first-order chi connectivity index (χ1) is 13.9. The number of hydrogen-bond acceptors (Lipinski definition) is 2. The van der Waals surface area contributed by atoms with E-state index in [4.69, 9.17) is 0 Å². The molecule has 5 heteroatoms. The first-order valence-corrected chi connectivity index (χ1v) is 9.72. The Bertz CT molecular complexity index is 1070. The predicted molar refractivity (Wildman–Crippen MR) is 113 cm³/mol. The Balaban J connectivity index is 1.67. The van der Waals surface area contributed by atoms with E-state index in [1.165, 1.54) is 17.7 Å². The lowest BCUT2D eigenvalue weighted by molar-refractivity contribution is -0.116. The largest absolute Gasteiger partial charge is 0.312 e. The molecule has 4 rings (SSSR count). The van der Waals surface area contributed by atoms with Crippen molar-refractivity contribution in [3.63, 3.8) is 0 Å². The van der Waals surface area contributed by atoms with Crippen molar-refractivity contribution < 1.29 is 9.18 Å². The number of fused-ring (bicyclic) bond motifs is 1. The second kappa shape index (κ2) is 7.32. The van der Waals surface area contributed by atoms with Gasteiger partial charge in [0.1, 0.15) is 5.82 Å². The van der Waals surface area contributed by atoms with Crippen molar-refractivity contribution in [1.29, 1.82) is 0 Å². The van der Waals surface area contributed by atoms with Gasteiger partial charge in [0.2, 0.25) is 5.91 Å². The Morgan fingerprint density at radius 1 is 1.17 bits per heavy atom. The fraction of sp³-hybridized carbons (Fsp3) is 0.250. The summed E-state index contributed by atoms with van der Waals surface area (Å²) < 4.78 is 15.1. The Kier molecular flexibility index (Phi) is 4.82. The summed E-state index contributed by atoms with van der Waals surface area (Å²) in [5, 5.41) is 4.54. The van der Waals surface area contributed by atoms with Crippen molar-refractivity contribution in [1.82, 2.24) is 9.78 Å². The Labute approximate surface area is 170 Å². The highest BCUT2D eigenvalue weighted by atomic mass is 19.1. The molecule has 0 fully saturated rings. The van der Waals surface area contributed by atoms with Crippen LogP contribution in [0.25, 0.3) is 11.8 Å². The minimum Gasteiger partial charge on any atom is -0.312 e. The van der Waals surface area contributed by atoms with Gasteiger partial charge in [-0.3, -0.25) is 4.79 Å². The molecule has 1 amide bonds. The van der Waals surface area contributed by atoms with Crippen molar-refractivity contribution in [3.8, 4) is 5.69 Å². The zero-order chi connectivity index (χ0) is 20.6. The summed E-state index contributed by atoms with van der Waals surface area (Å²) in [6.45, 7) is 6.50. The maximum Gasteiger partial charge on any atom is 0.223 e. The minimum atomic E-state index is -0.265. The van der Waals surface area contributed by atoms with E-state index in [9.17, 15) is 9.18 Å². The van der Waals surface area contributed by atoms with Crippen LogP contribution in [0.2, 0.25) is 0 Å². The molecule has 1 aliphatic carbocycles. The van der Waals surface area contributed by atoms with Gasteiger partial charge in [-0.25, -0.2) is 9.07 Å². The van der Waals surface area contributed by atoms with Crippen LogP contribution in [0, 0.1) is 11.2 Å². The van der Waals surface area contributed by atoms with E-state index in [0.29, 0.717) is 6.54 Å². The van der Waals surface area contributed by atoms with Crippen molar-refractivity contribution in [2.24, 2.45) is 5.41 Å². The second-order valence-corrected chi connectivity index (χ2v) is 7.95. The monoisotopic (exact) mass is 389 g/mol. The number of aromatic nitrogens is 2. The average molecular weight is 389 g/mol. The molecule has 1 aliphatic rings. The molecule has 148 valence electrons. The molecule has 0 aliphatic heterocycles. The maximum atomic E-state index is 13.3. The van der Waals surface area contributed by atoms with Crippen LogP contribution in [-0.2, 0) is 11.2 Å². The molecule has 1 atom stereocenters. The Hall–Kier alpha value is -3.21. The molecule has 29 heavy (non-hydrogen) atoms. The van der Waals surface area contributed by atoms with Crippen LogP contribution in [0.4, 0.5) is 10.1 Å².